The third kappa shape index (κ3) is 3.30. The van der Waals surface area contributed by atoms with Gasteiger partial charge in [-0.15, -0.1) is 11.3 Å². The van der Waals surface area contributed by atoms with E-state index in [0.717, 1.165) is 41.2 Å². The second-order valence-corrected chi connectivity index (χ2v) is 7.00. The standard InChI is InChI=1S/C16H22N4O2S/c1-4-20(7-13(21)22)12-5-11(6-12)19-15-14-9(2)8-23-16(14)18-10(3)17-15/h8,11-12H,4-7H2,1-3H3,(H,21,22)(H,17,18,19). The molecule has 0 saturated heterocycles. The summed E-state index contributed by atoms with van der Waals surface area (Å²) < 4.78 is 0. The van der Waals surface area contributed by atoms with Gasteiger partial charge >= 0.3 is 5.97 Å². The van der Waals surface area contributed by atoms with Gasteiger partial charge in [-0.05, 0) is 44.2 Å². The smallest absolute Gasteiger partial charge is 0.317 e. The van der Waals surface area contributed by atoms with Crippen LogP contribution in [-0.4, -0.2) is 51.1 Å². The summed E-state index contributed by atoms with van der Waals surface area (Å²) in [5.41, 5.74) is 1.20. The summed E-state index contributed by atoms with van der Waals surface area (Å²) >= 11 is 1.65. The van der Waals surface area contributed by atoms with Gasteiger partial charge in [0.15, 0.2) is 0 Å². The van der Waals surface area contributed by atoms with Crippen molar-refractivity contribution in [2.75, 3.05) is 18.4 Å². The minimum atomic E-state index is -0.759. The summed E-state index contributed by atoms with van der Waals surface area (Å²) in [5.74, 6) is 0.931. The van der Waals surface area contributed by atoms with E-state index in [4.69, 9.17) is 5.11 Å². The molecule has 124 valence electrons. The Bertz CT molecular complexity index is 724. The molecule has 1 saturated carbocycles. The zero-order valence-corrected chi connectivity index (χ0v) is 14.5. The second kappa shape index (κ2) is 6.41. The Kier molecular flexibility index (Phi) is 4.50. The Morgan fingerprint density at radius 1 is 1.43 bits per heavy atom. The molecule has 0 aliphatic heterocycles. The summed E-state index contributed by atoms with van der Waals surface area (Å²) in [4.78, 5) is 23.0. The number of anilines is 1. The molecule has 1 aliphatic carbocycles. The van der Waals surface area contributed by atoms with Gasteiger partial charge in [-0.1, -0.05) is 6.92 Å². The number of aromatic nitrogens is 2. The fourth-order valence-corrected chi connectivity index (χ4v) is 4.13. The van der Waals surface area contributed by atoms with Crippen LogP contribution in [0.2, 0.25) is 0 Å². The number of thiophene rings is 1. The molecular weight excluding hydrogens is 312 g/mol. The number of fused-ring (bicyclic) bond motifs is 1. The van der Waals surface area contributed by atoms with E-state index in [2.05, 4.69) is 27.6 Å². The molecule has 0 atom stereocenters. The van der Waals surface area contributed by atoms with Crippen LogP contribution >= 0.6 is 11.3 Å². The number of nitrogens with zero attached hydrogens (tertiary/aromatic N) is 3. The molecular formula is C16H22N4O2S. The lowest BCUT2D eigenvalue weighted by Gasteiger charge is -2.42. The number of carbonyl (C=O) groups is 1. The molecule has 2 aromatic rings. The van der Waals surface area contributed by atoms with Crippen molar-refractivity contribution in [3.8, 4) is 0 Å². The van der Waals surface area contributed by atoms with Crippen LogP contribution in [0.25, 0.3) is 10.2 Å². The molecule has 0 amide bonds. The average molecular weight is 334 g/mol. The lowest BCUT2D eigenvalue weighted by atomic mass is 9.85. The number of rotatable bonds is 6. The molecule has 7 heteroatoms. The normalized spacial score (nSPS) is 20.7. The van der Waals surface area contributed by atoms with E-state index in [0.29, 0.717) is 12.1 Å². The van der Waals surface area contributed by atoms with Crippen molar-refractivity contribution in [2.24, 2.45) is 0 Å². The topological polar surface area (TPSA) is 78.4 Å². The van der Waals surface area contributed by atoms with Gasteiger partial charge in [0.1, 0.15) is 16.5 Å². The Balaban J connectivity index is 1.68. The first-order valence-corrected chi connectivity index (χ1v) is 8.80. The van der Waals surface area contributed by atoms with Crippen molar-refractivity contribution in [2.45, 2.75) is 45.7 Å². The van der Waals surface area contributed by atoms with E-state index in [9.17, 15) is 4.79 Å². The maximum Gasteiger partial charge on any atom is 0.317 e. The first-order valence-electron chi connectivity index (χ1n) is 7.92. The van der Waals surface area contributed by atoms with Gasteiger partial charge in [0.2, 0.25) is 0 Å². The molecule has 1 aliphatic rings. The van der Waals surface area contributed by atoms with Crippen LogP contribution in [0, 0.1) is 13.8 Å². The zero-order valence-electron chi connectivity index (χ0n) is 13.7. The number of aryl methyl sites for hydroxylation is 2. The van der Waals surface area contributed by atoms with Gasteiger partial charge in [0, 0.05) is 12.1 Å². The summed E-state index contributed by atoms with van der Waals surface area (Å²) in [7, 11) is 0. The van der Waals surface area contributed by atoms with Gasteiger partial charge in [-0.25, -0.2) is 9.97 Å². The molecule has 3 rings (SSSR count). The first-order chi connectivity index (χ1) is 11.0. The highest BCUT2D eigenvalue weighted by atomic mass is 32.1. The number of nitrogens with one attached hydrogen (secondary N) is 1. The lowest BCUT2D eigenvalue weighted by molar-refractivity contribution is -0.139. The first kappa shape index (κ1) is 16.1. The van der Waals surface area contributed by atoms with Crippen LogP contribution in [0.3, 0.4) is 0 Å². The largest absolute Gasteiger partial charge is 0.480 e. The Labute approximate surface area is 139 Å². The van der Waals surface area contributed by atoms with Crippen molar-refractivity contribution in [1.82, 2.24) is 14.9 Å². The Morgan fingerprint density at radius 3 is 2.83 bits per heavy atom. The highest BCUT2D eigenvalue weighted by molar-refractivity contribution is 7.17. The monoisotopic (exact) mass is 334 g/mol. The number of carboxylic acid groups (broad SMARTS) is 1. The molecule has 6 nitrogen and oxygen atoms in total. The van der Waals surface area contributed by atoms with E-state index in [-0.39, 0.29) is 6.54 Å². The summed E-state index contributed by atoms with van der Waals surface area (Å²) in [6.07, 6.45) is 1.91. The third-order valence-corrected chi connectivity index (χ3v) is 5.43. The second-order valence-electron chi connectivity index (χ2n) is 6.14. The van der Waals surface area contributed by atoms with E-state index in [1.54, 1.807) is 11.3 Å². The van der Waals surface area contributed by atoms with Crippen LogP contribution in [0.15, 0.2) is 5.38 Å². The van der Waals surface area contributed by atoms with Crippen LogP contribution < -0.4 is 5.32 Å². The van der Waals surface area contributed by atoms with Crippen molar-refractivity contribution in [1.29, 1.82) is 0 Å². The number of likely N-dealkylation sites (N-methyl/N-ethyl adjacent to an activating group) is 1. The Morgan fingerprint density at radius 2 is 2.17 bits per heavy atom. The zero-order chi connectivity index (χ0) is 16.6. The number of hydrogen-bond acceptors (Lipinski definition) is 6. The minimum absolute atomic E-state index is 0.119. The van der Waals surface area contributed by atoms with Gasteiger partial charge in [-0.3, -0.25) is 9.69 Å². The predicted molar refractivity (Wildman–Crippen MR) is 92.2 cm³/mol. The van der Waals surface area contributed by atoms with Crippen LogP contribution in [0.5, 0.6) is 0 Å². The van der Waals surface area contributed by atoms with Gasteiger partial charge in [0.25, 0.3) is 0 Å². The number of carboxylic acids is 1. The predicted octanol–water partition coefficient (Wildman–Crippen LogP) is 2.66. The van der Waals surface area contributed by atoms with Gasteiger partial charge < -0.3 is 10.4 Å². The van der Waals surface area contributed by atoms with Gasteiger partial charge in [-0.2, -0.15) is 0 Å². The van der Waals surface area contributed by atoms with Crippen molar-refractivity contribution in [3.05, 3.63) is 16.8 Å². The molecule has 0 unspecified atom stereocenters. The van der Waals surface area contributed by atoms with Crippen molar-refractivity contribution >= 4 is 33.3 Å². The lowest BCUT2D eigenvalue weighted by Crippen LogP contribution is -2.51. The fourth-order valence-electron chi connectivity index (χ4n) is 3.17. The summed E-state index contributed by atoms with van der Waals surface area (Å²) in [5, 5.41) is 15.7. The van der Waals surface area contributed by atoms with Crippen molar-refractivity contribution < 1.29 is 9.90 Å². The van der Waals surface area contributed by atoms with Crippen molar-refractivity contribution in [3.63, 3.8) is 0 Å². The quantitative estimate of drug-likeness (QED) is 0.845. The van der Waals surface area contributed by atoms with Crippen LogP contribution in [0.1, 0.15) is 31.2 Å². The molecule has 23 heavy (non-hydrogen) atoms. The minimum Gasteiger partial charge on any atom is -0.480 e. The van der Waals surface area contributed by atoms with Gasteiger partial charge in [0.05, 0.1) is 11.9 Å². The molecule has 0 radical (unpaired) electrons. The number of aliphatic carboxylic acids is 1. The van der Waals surface area contributed by atoms with E-state index in [1.165, 1.54) is 5.56 Å². The van der Waals surface area contributed by atoms with E-state index < -0.39 is 5.97 Å². The third-order valence-electron chi connectivity index (χ3n) is 4.44. The molecule has 0 aromatic carbocycles. The maximum absolute atomic E-state index is 10.9. The Hall–Kier alpha value is -1.73. The van der Waals surface area contributed by atoms with Crippen LogP contribution in [-0.2, 0) is 4.79 Å². The highest BCUT2D eigenvalue weighted by Crippen LogP contribution is 2.33. The number of hydrogen-bond donors (Lipinski definition) is 2. The highest BCUT2D eigenvalue weighted by Gasteiger charge is 2.34. The SMILES string of the molecule is CCN(CC(=O)O)C1CC(Nc2nc(C)nc3scc(C)c23)C1. The molecule has 0 bridgehead atoms. The molecule has 2 aromatic heterocycles. The molecule has 0 spiro atoms. The molecule has 1 fully saturated rings. The maximum atomic E-state index is 10.9. The fraction of sp³-hybridized carbons (Fsp3) is 0.562. The summed E-state index contributed by atoms with van der Waals surface area (Å²) in [6, 6.07) is 0.690. The van der Waals surface area contributed by atoms with E-state index >= 15 is 0 Å². The van der Waals surface area contributed by atoms with E-state index in [1.807, 2.05) is 18.7 Å². The van der Waals surface area contributed by atoms with Crippen LogP contribution in [0.4, 0.5) is 5.82 Å². The molecule has 2 N–H and O–H groups in total. The summed E-state index contributed by atoms with van der Waals surface area (Å²) in [6.45, 7) is 6.89. The molecule has 2 heterocycles. The average Bonchev–Trinajstić information content (AvgIpc) is 2.81.